The van der Waals surface area contributed by atoms with E-state index in [9.17, 15) is 4.79 Å². The van der Waals surface area contributed by atoms with Crippen molar-refractivity contribution in [2.45, 2.75) is 57.2 Å². The molecule has 0 aromatic carbocycles. The summed E-state index contributed by atoms with van der Waals surface area (Å²) in [4.78, 5) is 10.7. The van der Waals surface area contributed by atoms with Gasteiger partial charge < -0.3 is 15.2 Å². The van der Waals surface area contributed by atoms with Crippen molar-refractivity contribution in [3.8, 4) is 0 Å². The molecule has 0 radical (unpaired) electrons. The van der Waals surface area contributed by atoms with E-state index >= 15 is 0 Å². The normalized spacial score (nSPS) is 38.2. The number of carboxylic acid groups (broad SMARTS) is 1. The Labute approximate surface area is 103 Å². The molecule has 0 aromatic rings. The van der Waals surface area contributed by atoms with Gasteiger partial charge in [-0.05, 0) is 31.6 Å². The van der Waals surface area contributed by atoms with Gasteiger partial charge in [-0.1, -0.05) is 13.3 Å². The van der Waals surface area contributed by atoms with Gasteiger partial charge in [0, 0.05) is 13.1 Å². The average Bonchev–Trinajstić information content (AvgIpc) is 2.29. The molecule has 2 aliphatic rings. The number of ether oxygens (including phenoxy) is 1. The second-order valence-electron chi connectivity index (χ2n) is 5.50. The molecule has 4 heteroatoms. The molecule has 0 aromatic heterocycles. The molecule has 4 nitrogen and oxygen atoms in total. The highest BCUT2D eigenvalue weighted by Crippen LogP contribution is 2.38. The fourth-order valence-corrected chi connectivity index (χ4v) is 3.11. The van der Waals surface area contributed by atoms with E-state index in [0.29, 0.717) is 6.54 Å². The largest absolute Gasteiger partial charge is 0.481 e. The Morgan fingerprint density at radius 3 is 2.76 bits per heavy atom. The molecule has 2 rings (SSSR count). The van der Waals surface area contributed by atoms with Gasteiger partial charge in [-0.2, -0.15) is 0 Å². The topological polar surface area (TPSA) is 58.6 Å². The molecule has 1 spiro atoms. The molecule has 0 amide bonds. The third-order valence-corrected chi connectivity index (χ3v) is 4.23. The van der Waals surface area contributed by atoms with Gasteiger partial charge in [0.2, 0.25) is 0 Å². The summed E-state index contributed by atoms with van der Waals surface area (Å²) in [6, 6.07) is 0. The smallest absolute Gasteiger partial charge is 0.306 e. The number of nitrogens with one attached hydrogen (secondary N) is 1. The Morgan fingerprint density at radius 1 is 1.47 bits per heavy atom. The maximum atomic E-state index is 10.7. The first-order valence-electron chi connectivity index (χ1n) is 6.74. The van der Waals surface area contributed by atoms with Crippen molar-refractivity contribution in [3.05, 3.63) is 0 Å². The minimum atomic E-state index is -0.768. The maximum absolute atomic E-state index is 10.7. The van der Waals surface area contributed by atoms with E-state index in [1.165, 1.54) is 19.3 Å². The lowest BCUT2D eigenvalue weighted by molar-refractivity contribution is -0.158. The number of hydrogen-bond acceptors (Lipinski definition) is 3. The quantitative estimate of drug-likeness (QED) is 0.791. The zero-order valence-corrected chi connectivity index (χ0v) is 10.6. The average molecular weight is 241 g/mol. The van der Waals surface area contributed by atoms with Crippen LogP contribution in [0.4, 0.5) is 0 Å². The standard InChI is InChI=1S/C13H23NO3/c1-2-10-3-5-13(6-4-10)9-14-8-11(17-13)7-12(15)16/h10-11,14H,2-9H2,1H3,(H,15,16). The Hall–Kier alpha value is -0.610. The Bertz CT molecular complexity index is 272. The van der Waals surface area contributed by atoms with Gasteiger partial charge in [0.15, 0.2) is 0 Å². The van der Waals surface area contributed by atoms with Gasteiger partial charge in [-0.15, -0.1) is 0 Å². The Morgan fingerprint density at radius 2 is 2.18 bits per heavy atom. The van der Waals surface area contributed by atoms with Crippen LogP contribution in [-0.2, 0) is 9.53 Å². The molecule has 2 fully saturated rings. The van der Waals surface area contributed by atoms with Gasteiger partial charge in [-0.3, -0.25) is 4.79 Å². The summed E-state index contributed by atoms with van der Waals surface area (Å²) in [5.74, 6) is 0.0696. The van der Waals surface area contributed by atoms with E-state index in [1.54, 1.807) is 0 Å². The lowest BCUT2D eigenvalue weighted by Gasteiger charge is -2.45. The minimum Gasteiger partial charge on any atom is -0.481 e. The van der Waals surface area contributed by atoms with E-state index in [1.807, 2.05) is 0 Å². The summed E-state index contributed by atoms with van der Waals surface area (Å²) in [5, 5.41) is 12.2. The van der Waals surface area contributed by atoms with Crippen LogP contribution in [0.5, 0.6) is 0 Å². The highest BCUT2D eigenvalue weighted by atomic mass is 16.5. The summed E-state index contributed by atoms with van der Waals surface area (Å²) in [6.45, 7) is 3.81. The first-order chi connectivity index (χ1) is 8.13. The molecule has 17 heavy (non-hydrogen) atoms. The SMILES string of the molecule is CCC1CCC2(CC1)CNCC(CC(=O)O)O2. The fraction of sp³-hybridized carbons (Fsp3) is 0.923. The number of rotatable bonds is 3. The Balaban J connectivity index is 1.90. The number of aliphatic carboxylic acids is 1. The van der Waals surface area contributed by atoms with Crippen LogP contribution in [0.3, 0.4) is 0 Å². The van der Waals surface area contributed by atoms with Crippen molar-refractivity contribution in [1.82, 2.24) is 5.32 Å². The molecule has 1 unspecified atom stereocenters. The fourth-order valence-electron chi connectivity index (χ4n) is 3.11. The molecule has 2 N–H and O–H groups in total. The highest BCUT2D eigenvalue weighted by Gasteiger charge is 2.40. The molecule has 98 valence electrons. The minimum absolute atomic E-state index is 0.0793. The van der Waals surface area contributed by atoms with E-state index in [0.717, 1.165) is 25.3 Å². The summed E-state index contributed by atoms with van der Waals surface area (Å²) in [5.41, 5.74) is -0.0793. The predicted octanol–water partition coefficient (Wildman–Crippen LogP) is 1.79. The van der Waals surface area contributed by atoms with Gasteiger partial charge in [0.05, 0.1) is 18.1 Å². The van der Waals surface area contributed by atoms with Crippen LogP contribution in [0.2, 0.25) is 0 Å². The Kier molecular flexibility index (Phi) is 4.05. The molecule has 1 atom stereocenters. The molecule has 0 bridgehead atoms. The third-order valence-electron chi connectivity index (χ3n) is 4.23. The maximum Gasteiger partial charge on any atom is 0.306 e. The number of hydrogen-bond donors (Lipinski definition) is 2. The molecule has 1 heterocycles. The first kappa shape index (κ1) is 12.8. The summed E-state index contributed by atoms with van der Waals surface area (Å²) in [6.07, 6.45) is 5.81. The van der Waals surface area contributed by atoms with E-state index in [-0.39, 0.29) is 18.1 Å². The highest BCUT2D eigenvalue weighted by molar-refractivity contribution is 5.67. The second-order valence-corrected chi connectivity index (χ2v) is 5.50. The summed E-state index contributed by atoms with van der Waals surface area (Å²) in [7, 11) is 0. The van der Waals surface area contributed by atoms with Crippen molar-refractivity contribution >= 4 is 5.97 Å². The van der Waals surface area contributed by atoms with Crippen LogP contribution in [0.25, 0.3) is 0 Å². The van der Waals surface area contributed by atoms with Crippen LogP contribution in [0, 0.1) is 5.92 Å². The van der Waals surface area contributed by atoms with Crippen molar-refractivity contribution in [1.29, 1.82) is 0 Å². The van der Waals surface area contributed by atoms with E-state index in [2.05, 4.69) is 12.2 Å². The molecule has 1 aliphatic carbocycles. The molecular formula is C13H23NO3. The monoisotopic (exact) mass is 241 g/mol. The lowest BCUT2D eigenvalue weighted by atomic mass is 9.77. The molecule has 1 saturated carbocycles. The van der Waals surface area contributed by atoms with Gasteiger partial charge in [0.1, 0.15) is 0 Å². The van der Waals surface area contributed by atoms with Crippen LogP contribution in [0.1, 0.15) is 45.4 Å². The molecule has 1 saturated heterocycles. The number of carboxylic acids is 1. The molecule has 1 aliphatic heterocycles. The van der Waals surface area contributed by atoms with E-state index in [4.69, 9.17) is 9.84 Å². The van der Waals surface area contributed by atoms with Gasteiger partial charge in [-0.25, -0.2) is 0 Å². The van der Waals surface area contributed by atoms with Crippen molar-refractivity contribution in [2.24, 2.45) is 5.92 Å². The summed E-state index contributed by atoms with van der Waals surface area (Å²) >= 11 is 0. The van der Waals surface area contributed by atoms with Crippen LogP contribution >= 0.6 is 0 Å². The van der Waals surface area contributed by atoms with Crippen LogP contribution in [0.15, 0.2) is 0 Å². The van der Waals surface area contributed by atoms with Crippen molar-refractivity contribution in [3.63, 3.8) is 0 Å². The van der Waals surface area contributed by atoms with Gasteiger partial charge >= 0.3 is 5.97 Å². The van der Waals surface area contributed by atoms with Crippen molar-refractivity contribution < 1.29 is 14.6 Å². The zero-order valence-electron chi connectivity index (χ0n) is 10.6. The van der Waals surface area contributed by atoms with Crippen molar-refractivity contribution in [2.75, 3.05) is 13.1 Å². The lowest BCUT2D eigenvalue weighted by Crippen LogP contribution is -2.55. The first-order valence-corrected chi connectivity index (χ1v) is 6.74. The number of morpholine rings is 1. The third kappa shape index (κ3) is 3.19. The van der Waals surface area contributed by atoms with Crippen LogP contribution < -0.4 is 5.32 Å². The second kappa shape index (κ2) is 5.36. The molecular weight excluding hydrogens is 218 g/mol. The van der Waals surface area contributed by atoms with Gasteiger partial charge in [0.25, 0.3) is 0 Å². The predicted molar refractivity (Wildman–Crippen MR) is 65.0 cm³/mol. The zero-order chi connectivity index (χ0) is 12.3. The summed E-state index contributed by atoms with van der Waals surface area (Å²) < 4.78 is 6.08. The number of carbonyl (C=O) groups is 1. The van der Waals surface area contributed by atoms with E-state index < -0.39 is 5.97 Å². The van der Waals surface area contributed by atoms with Crippen LogP contribution in [-0.4, -0.2) is 35.9 Å².